The van der Waals surface area contributed by atoms with E-state index < -0.39 is 0 Å². The van der Waals surface area contributed by atoms with Crippen molar-refractivity contribution < 1.29 is 4.79 Å². The van der Waals surface area contributed by atoms with Gasteiger partial charge in [-0.3, -0.25) is 4.79 Å². The summed E-state index contributed by atoms with van der Waals surface area (Å²) >= 11 is 1.84. The molecule has 0 saturated carbocycles. The second-order valence-corrected chi connectivity index (χ2v) is 6.56. The normalized spacial score (nSPS) is 26.5. The SMILES string of the molecule is CCC1c2ccsc2CCN1C(=O)CC1CCCN1. The quantitative estimate of drug-likeness (QED) is 0.922. The number of rotatable bonds is 3. The van der Waals surface area contributed by atoms with E-state index in [1.165, 1.54) is 16.9 Å². The molecule has 0 spiro atoms. The first kappa shape index (κ1) is 13.1. The molecule has 0 aliphatic carbocycles. The molecule has 1 saturated heterocycles. The van der Waals surface area contributed by atoms with Crippen LogP contribution in [0, 0.1) is 0 Å². The minimum Gasteiger partial charge on any atom is -0.335 e. The van der Waals surface area contributed by atoms with Crippen molar-refractivity contribution >= 4 is 17.2 Å². The van der Waals surface area contributed by atoms with Crippen LogP contribution in [0.25, 0.3) is 0 Å². The molecule has 1 N–H and O–H groups in total. The van der Waals surface area contributed by atoms with Crippen LogP contribution >= 0.6 is 11.3 Å². The predicted molar refractivity (Wildman–Crippen MR) is 78.4 cm³/mol. The number of carbonyl (C=O) groups is 1. The summed E-state index contributed by atoms with van der Waals surface area (Å²) in [5.74, 6) is 0.336. The van der Waals surface area contributed by atoms with Gasteiger partial charge in [0.15, 0.2) is 0 Å². The first-order valence-corrected chi connectivity index (χ1v) is 8.26. The van der Waals surface area contributed by atoms with Crippen molar-refractivity contribution in [3.63, 3.8) is 0 Å². The topological polar surface area (TPSA) is 32.3 Å². The van der Waals surface area contributed by atoms with Crippen molar-refractivity contribution in [2.45, 2.75) is 51.1 Å². The molecular formula is C15H22N2OS. The molecule has 2 aliphatic rings. The maximum absolute atomic E-state index is 12.5. The number of nitrogens with zero attached hydrogens (tertiary/aromatic N) is 1. The number of nitrogens with one attached hydrogen (secondary N) is 1. The summed E-state index contributed by atoms with van der Waals surface area (Å²) in [5.41, 5.74) is 1.39. The van der Waals surface area contributed by atoms with Crippen molar-refractivity contribution in [3.05, 3.63) is 21.9 Å². The Hall–Kier alpha value is -0.870. The van der Waals surface area contributed by atoms with Crippen molar-refractivity contribution in [2.24, 2.45) is 0 Å². The Morgan fingerprint density at radius 2 is 2.47 bits per heavy atom. The van der Waals surface area contributed by atoms with Crippen molar-refractivity contribution in [1.82, 2.24) is 10.2 Å². The molecule has 0 aromatic carbocycles. The largest absolute Gasteiger partial charge is 0.335 e. The highest BCUT2D eigenvalue weighted by atomic mass is 32.1. The third kappa shape index (κ3) is 2.56. The fraction of sp³-hybridized carbons (Fsp3) is 0.667. The fourth-order valence-corrected chi connectivity index (χ4v) is 4.32. The zero-order chi connectivity index (χ0) is 13.2. The summed E-state index contributed by atoms with van der Waals surface area (Å²) in [4.78, 5) is 16.1. The Kier molecular flexibility index (Phi) is 3.89. The molecule has 0 radical (unpaired) electrons. The fourth-order valence-electron chi connectivity index (χ4n) is 3.39. The molecular weight excluding hydrogens is 256 g/mol. The first-order valence-electron chi connectivity index (χ1n) is 7.38. The molecule has 3 heterocycles. The van der Waals surface area contributed by atoms with Gasteiger partial charge in [0.2, 0.25) is 5.91 Å². The summed E-state index contributed by atoms with van der Waals surface area (Å²) in [5, 5.41) is 5.59. The number of thiophene rings is 1. The van der Waals surface area contributed by atoms with E-state index in [1.807, 2.05) is 11.3 Å². The number of hydrogen-bond acceptors (Lipinski definition) is 3. The Balaban J connectivity index is 1.71. The Morgan fingerprint density at radius 3 is 3.21 bits per heavy atom. The molecule has 3 rings (SSSR count). The van der Waals surface area contributed by atoms with Gasteiger partial charge in [0.25, 0.3) is 0 Å². The highest BCUT2D eigenvalue weighted by Crippen LogP contribution is 2.35. The van der Waals surface area contributed by atoms with Gasteiger partial charge in [0.05, 0.1) is 6.04 Å². The zero-order valence-corrected chi connectivity index (χ0v) is 12.3. The molecule has 1 fully saturated rings. The van der Waals surface area contributed by atoms with Crippen molar-refractivity contribution in [3.8, 4) is 0 Å². The van der Waals surface area contributed by atoms with Crippen LogP contribution in [0.1, 0.15) is 49.1 Å². The molecule has 104 valence electrons. The van der Waals surface area contributed by atoms with Crippen LogP contribution in [-0.2, 0) is 11.2 Å². The van der Waals surface area contributed by atoms with E-state index >= 15 is 0 Å². The van der Waals surface area contributed by atoms with Gasteiger partial charge in [0, 0.05) is 23.9 Å². The van der Waals surface area contributed by atoms with E-state index in [0.29, 0.717) is 24.4 Å². The minimum absolute atomic E-state index is 0.309. The molecule has 2 atom stereocenters. The second-order valence-electron chi connectivity index (χ2n) is 5.56. The molecule has 3 nitrogen and oxygen atoms in total. The maximum atomic E-state index is 12.5. The summed E-state index contributed by atoms with van der Waals surface area (Å²) < 4.78 is 0. The van der Waals surface area contributed by atoms with Crippen LogP contribution in [0.2, 0.25) is 0 Å². The summed E-state index contributed by atoms with van der Waals surface area (Å²) in [6.07, 6.45) is 5.10. The average Bonchev–Trinajstić information content (AvgIpc) is 3.07. The van der Waals surface area contributed by atoms with Gasteiger partial charge < -0.3 is 10.2 Å². The highest BCUT2D eigenvalue weighted by molar-refractivity contribution is 7.10. The lowest BCUT2D eigenvalue weighted by atomic mass is 9.97. The van der Waals surface area contributed by atoms with Crippen LogP contribution in [0.15, 0.2) is 11.4 Å². The molecule has 0 bridgehead atoms. The molecule has 1 aromatic rings. The highest BCUT2D eigenvalue weighted by Gasteiger charge is 2.31. The molecule has 2 aliphatic heterocycles. The van der Waals surface area contributed by atoms with E-state index in [9.17, 15) is 4.79 Å². The Bertz CT molecular complexity index is 451. The molecule has 2 unspecified atom stereocenters. The summed E-state index contributed by atoms with van der Waals surface area (Å²) in [7, 11) is 0. The number of fused-ring (bicyclic) bond motifs is 1. The van der Waals surface area contributed by atoms with Crippen LogP contribution in [-0.4, -0.2) is 29.9 Å². The third-order valence-corrected chi connectivity index (χ3v) is 5.38. The van der Waals surface area contributed by atoms with Gasteiger partial charge in [-0.05, 0) is 49.2 Å². The van der Waals surface area contributed by atoms with Gasteiger partial charge in [-0.15, -0.1) is 11.3 Å². The third-order valence-electron chi connectivity index (χ3n) is 4.39. The lowest BCUT2D eigenvalue weighted by Crippen LogP contribution is -2.41. The monoisotopic (exact) mass is 278 g/mol. The van der Waals surface area contributed by atoms with Gasteiger partial charge in [-0.25, -0.2) is 0 Å². The predicted octanol–water partition coefficient (Wildman–Crippen LogP) is 2.73. The number of amides is 1. The molecule has 4 heteroatoms. The van der Waals surface area contributed by atoms with E-state index in [-0.39, 0.29) is 0 Å². The smallest absolute Gasteiger partial charge is 0.224 e. The van der Waals surface area contributed by atoms with Gasteiger partial charge in [-0.1, -0.05) is 6.92 Å². The lowest BCUT2D eigenvalue weighted by molar-refractivity contribution is -0.134. The van der Waals surface area contributed by atoms with Crippen molar-refractivity contribution in [2.75, 3.05) is 13.1 Å². The van der Waals surface area contributed by atoms with Gasteiger partial charge in [0.1, 0.15) is 0 Å². The van der Waals surface area contributed by atoms with Gasteiger partial charge >= 0.3 is 0 Å². The van der Waals surface area contributed by atoms with Gasteiger partial charge in [-0.2, -0.15) is 0 Å². The standard InChI is InChI=1S/C15H22N2OS/c1-2-13-12-6-9-19-14(12)5-8-17(13)15(18)10-11-4-3-7-16-11/h6,9,11,13,16H,2-5,7-8,10H2,1H3. The van der Waals surface area contributed by atoms with Crippen molar-refractivity contribution in [1.29, 1.82) is 0 Å². The second kappa shape index (κ2) is 5.63. The zero-order valence-electron chi connectivity index (χ0n) is 11.5. The lowest BCUT2D eigenvalue weighted by Gasteiger charge is -2.36. The van der Waals surface area contributed by atoms with Crippen LogP contribution in [0.5, 0.6) is 0 Å². The van der Waals surface area contributed by atoms with Crippen LogP contribution < -0.4 is 5.32 Å². The average molecular weight is 278 g/mol. The molecule has 19 heavy (non-hydrogen) atoms. The maximum Gasteiger partial charge on any atom is 0.224 e. The summed E-state index contributed by atoms with van der Waals surface area (Å²) in [6.45, 7) is 4.16. The van der Waals surface area contributed by atoms with Crippen LogP contribution in [0.3, 0.4) is 0 Å². The number of hydrogen-bond donors (Lipinski definition) is 1. The molecule has 1 aromatic heterocycles. The van der Waals surface area contributed by atoms with E-state index in [2.05, 4.69) is 28.6 Å². The van der Waals surface area contributed by atoms with E-state index in [0.717, 1.165) is 32.4 Å². The van der Waals surface area contributed by atoms with E-state index in [4.69, 9.17) is 0 Å². The Morgan fingerprint density at radius 1 is 1.58 bits per heavy atom. The first-order chi connectivity index (χ1) is 9.29. The Labute approximate surface area is 119 Å². The van der Waals surface area contributed by atoms with E-state index in [1.54, 1.807) is 0 Å². The molecule has 1 amide bonds. The van der Waals surface area contributed by atoms with Crippen LogP contribution in [0.4, 0.5) is 0 Å². The summed E-state index contributed by atoms with van der Waals surface area (Å²) in [6, 6.07) is 2.93. The number of carbonyl (C=O) groups excluding carboxylic acids is 1. The minimum atomic E-state index is 0.309.